The number of nitrogens with zero attached hydrogens (tertiary/aromatic N) is 1. The lowest BCUT2D eigenvalue weighted by Gasteiger charge is -2.37. The number of carbonyl (C=O) groups is 1. The SMILES string of the molecule is COCCOC(=O)C1=C(C)N(c2ccc3c(c2)OCCO3)C(=S)N[C@H]1c1ccc(F)c(F)c1. The molecule has 174 valence electrons. The van der Waals surface area contributed by atoms with Gasteiger partial charge in [0.1, 0.15) is 19.8 Å². The molecule has 0 fully saturated rings. The molecule has 2 aliphatic heterocycles. The molecule has 0 aromatic heterocycles. The Bertz CT molecular complexity index is 1120. The van der Waals surface area contributed by atoms with Gasteiger partial charge in [-0.1, -0.05) is 6.07 Å². The van der Waals surface area contributed by atoms with E-state index in [-0.39, 0.29) is 23.9 Å². The molecule has 33 heavy (non-hydrogen) atoms. The van der Waals surface area contributed by atoms with E-state index in [0.29, 0.717) is 41.7 Å². The van der Waals surface area contributed by atoms with Crippen LogP contribution in [-0.2, 0) is 14.3 Å². The van der Waals surface area contributed by atoms with Gasteiger partial charge in [-0.3, -0.25) is 4.90 Å². The van der Waals surface area contributed by atoms with E-state index >= 15 is 0 Å². The van der Waals surface area contributed by atoms with Crippen LogP contribution in [-0.4, -0.2) is 44.6 Å². The van der Waals surface area contributed by atoms with Crippen molar-refractivity contribution in [2.24, 2.45) is 0 Å². The van der Waals surface area contributed by atoms with E-state index in [2.05, 4.69) is 5.32 Å². The second kappa shape index (κ2) is 9.72. The number of hydrogen-bond donors (Lipinski definition) is 1. The van der Waals surface area contributed by atoms with Crippen molar-refractivity contribution in [2.45, 2.75) is 13.0 Å². The Balaban J connectivity index is 1.77. The largest absolute Gasteiger partial charge is 0.486 e. The number of hydrogen-bond acceptors (Lipinski definition) is 6. The van der Waals surface area contributed by atoms with Crippen LogP contribution in [0.3, 0.4) is 0 Å². The molecule has 0 saturated carbocycles. The highest BCUT2D eigenvalue weighted by atomic mass is 32.1. The van der Waals surface area contributed by atoms with Crippen molar-refractivity contribution in [3.8, 4) is 11.5 Å². The fourth-order valence-corrected chi connectivity index (χ4v) is 4.09. The second-order valence-corrected chi connectivity index (χ2v) is 7.73. The summed E-state index contributed by atoms with van der Waals surface area (Å²) in [4.78, 5) is 14.7. The van der Waals surface area contributed by atoms with Crippen LogP contribution >= 0.6 is 12.2 Å². The molecule has 0 unspecified atom stereocenters. The van der Waals surface area contributed by atoms with Crippen LogP contribution < -0.4 is 19.7 Å². The smallest absolute Gasteiger partial charge is 0.338 e. The van der Waals surface area contributed by atoms with Gasteiger partial charge in [-0.05, 0) is 49.0 Å². The summed E-state index contributed by atoms with van der Waals surface area (Å²) < 4.78 is 49.1. The summed E-state index contributed by atoms with van der Waals surface area (Å²) in [5.41, 5.74) is 1.66. The highest BCUT2D eigenvalue weighted by Gasteiger charge is 2.36. The summed E-state index contributed by atoms with van der Waals surface area (Å²) in [6.45, 7) is 2.84. The maximum atomic E-state index is 14.0. The van der Waals surface area contributed by atoms with Gasteiger partial charge >= 0.3 is 5.97 Å². The Morgan fingerprint density at radius 1 is 1.12 bits per heavy atom. The third-order valence-electron chi connectivity index (χ3n) is 5.29. The average molecular weight is 477 g/mol. The first-order valence-corrected chi connectivity index (χ1v) is 10.6. The Morgan fingerprint density at radius 2 is 1.88 bits per heavy atom. The van der Waals surface area contributed by atoms with E-state index < -0.39 is 23.6 Å². The first kappa shape index (κ1) is 22.9. The number of rotatable bonds is 6. The fraction of sp³-hybridized carbons (Fsp3) is 0.304. The number of carbonyl (C=O) groups excluding carboxylic acids is 1. The first-order chi connectivity index (χ1) is 15.9. The maximum Gasteiger partial charge on any atom is 0.338 e. The molecular formula is C23H22F2N2O5S. The number of thiocarbonyl (C=S) groups is 1. The average Bonchev–Trinajstić information content (AvgIpc) is 2.80. The number of fused-ring (bicyclic) bond motifs is 1. The summed E-state index contributed by atoms with van der Waals surface area (Å²) in [6, 6.07) is 7.91. The second-order valence-electron chi connectivity index (χ2n) is 7.35. The van der Waals surface area contributed by atoms with Gasteiger partial charge in [-0.25, -0.2) is 13.6 Å². The van der Waals surface area contributed by atoms with Crippen LogP contribution in [0.2, 0.25) is 0 Å². The standard InChI is InChI=1S/C23H22F2N2O5S/c1-13-20(22(28)32-8-7-29-2)21(14-3-5-16(24)17(25)11-14)26-23(33)27(13)15-4-6-18-19(12-15)31-10-9-30-18/h3-6,11-12,21H,7-10H2,1-2H3,(H,26,33)/t21-/m0/s1. The molecule has 2 aliphatic rings. The van der Waals surface area contributed by atoms with Crippen molar-refractivity contribution >= 4 is 29.0 Å². The lowest BCUT2D eigenvalue weighted by molar-refractivity contribution is -0.140. The lowest BCUT2D eigenvalue weighted by Crippen LogP contribution is -2.48. The van der Waals surface area contributed by atoms with Gasteiger partial charge in [0, 0.05) is 18.9 Å². The molecule has 0 spiro atoms. The zero-order valence-corrected chi connectivity index (χ0v) is 18.8. The van der Waals surface area contributed by atoms with Gasteiger partial charge in [-0.2, -0.15) is 0 Å². The minimum absolute atomic E-state index is 0.0328. The topological polar surface area (TPSA) is 69.3 Å². The number of ether oxygens (including phenoxy) is 4. The van der Waals surface area contributed by atoms with Crippen molar-refractivity contribution in [3.05, 3.63) is 64.9 Å². The zero-order valence-electron chi connectivity index (χ0n) is 18.0. The number of methoxy groups -OCH3 is 1. The van der Waals surface area contributed by atoms with E-state index in [4.69, 9.17) is 31.2 Å². The number of nitrogens with one attached hydrogen (secondary N) is 1. The van der Waals surface area contributed by atoms with Gasteiger partial charge in [0.05, 0.1) is 23.9 Å². The Morgan fingerprint density at radius 3 is 2.61 bits per heavy atom. The molecule has 1 N–H and O–H groups in total. The highest BCUT2D eigenvalue weighted by Crippen LogP contribution is 2.39. The fourth-order valence-electron chi connectivity index (χ4n) is 3.73. The number of allylic oxidation sites excluding steroid dienone is 1. The molecule has 7 nitrogen and oxygen atoms in total. The first-order valence-electron chi connectivity index (χ1n) is 10.2. The zero-order chi connectivity index (χ0) is 23.5. The molecule has 0 aliphatic carbocycles. The Labute approximate surface area is 194 Å². The van der Waals surface area contributed by atoms with E-state index in [0.717, 1.165) is 12.1 Å². The Kier molecular flexibility index (Phi) is 6.75. The Hall–Kier alpha value is -3.24. The van der Waals surface area contributed by atoms with Crippen molar-refractivity contribution < 1.29 is 32.5 Å². The summed E-state index contributed by atoms with van der Waals surface area (Å²) in [7, 11) is 1.49. The summed E-state index contributed by atoms with van der Waals surface area (Å²) in [6.07, 6.45) is 0. The molecule has 0 saturated heterocycles. The molecule has 2 aromatic carbocycles. The van der Waals surface area contributed by atoms with Crippen molar-refractivity contribution in [1.29, 1.82) is 0 Å². The van der Waals surface area contributed by atoms with E-state index in [1.165, 1.54) is 13.2 Å². The predicted molar refractivity (Wildman–Crippen MR) is 120 cm³/mol. The quantitative estimate of drug-likeness (QED) is 0.385. The minimum atomic E-state index is -1.03. The number of halogens is 2. The van der Waals surface area contributed by atoms with E-state index in [1.807, 2.05) is 0 Å². The van der Waals surface area contributed by atoms with E-state index in [9.17, 15) is 13.6 Å². The van der Waals surface area contributed by atoms with Crippen molar-refractivity contribution in [2.75, 3.05) is 38.4 Å². The van der Waals surface area contributed by atoms with E-state index in [1.54, 1.807) is 30.0 Å². The molecule has 4 rings (SSSR count). The van der Waals surface area contributed by atoms with Crippen LogP contribution in [0.15, 0.2) is 47.7 Å². The van der Waals surface area contributed by atoms with Gasteiger partial charge in [0.15, 0.2) is 28.2 Å². The number of esters is 1. The van der Waals surface area contributed by atoms with Gasteiger partial charge < -0.3 is 24.3 Å². The number of benzene rings is 2. The van der Waals surface area contributed by atoms with Gasteiger partial charge in [0.25, 0.3) is 0 Å². The third-order valence-corrected chi connectivity index (χ3v) is 5.59. The molecule has 0 amide bonds. The van der Waals surface area contributed by atoms with Gasteiger partial charge in [-0.15, -0.1) is 0 Å². The molecule has 0 bridgehead atoms. The number of anilines is 1. The summed E-state index contributed by atoms with van der Waals surface area (Å²) in [5.74, 6) is -1.47. The summed E-state index contributed by atoms with van der Waals surface area (Å²) >= 11 is 5.59. The summed E-state index contributed by atoms with van der Waals surface area (Å²) in [5, 5.41) is 3.34. The predicted octanol–water partition coefficient (Wildman–Crippen LogP) is 3.64. The molecular weight excluding hydrogens is 454 g/mol. The molecule has 2 aromatic rings. The maximum absolute atomic E-state index is 14.0. The lowest BCUT2D eigenvalue weighted by atomic mass is 9.94. The molecule has 0 radical (unpaired) electrons. The monoisotopic (exact) mass is 476 g/mol. The van der Waals surface area contributed by atoms with Crippen LogP contribution in [0.25, 0.3) is 0 Å². The van der Waals surface area contributed by atoms with Crippen LogP contribution in [0.5, 0.6) is 11.5 Å². The van der Waals surface area contributed by atoms with Crippen molar-refractivity contribution in [3.63, 3.8) is 0 Å². The highest BCUT2D eigenvalue weighted by molar-refractivity contribution is 7.80. The third kappa shape index (κ3) is 4.62. The van der Waals surface area contributed by atoms with Crippen LogP contribution in [0.4, 0.5) is 14.5 Å². The molecule has 2 heterocycles. The van der Waals surface area contributed by atoms with Crippen LogP contribution in [0.1, 0.15) is 18.5 Å². The van der Waals surface area contributed by atoms with Crippen LogP contribution in [0, 0.1) is 11.6 Å². The minimum Gasteiger partial charge on any atom is -0.486 e. The van der Waals surface area contributed by atoms with Crippen molar-refractivity contribution in [1.82, 2.24) is 5.32 Å². The normalized spacial score (nSPS) is 17.6. The molecule has 1 atom stereocenters. The molecule has 10 heteroatoms. The van der Waals surface area contributed by atoms with Gasteiger partial charge in [0.2, 0.25) is 0 Å².